The first-order valence-corrected chi connectivity index (χ1v) is 12.6. The van der Waals surface area contributed by atoms with E-state index >= 15 is 0 Å². The molecule has 1 aliphatic rings. The first kappa shape index (κ1) is 25.8. The molecule has 0 radical (unpaired) electrons. The predicted octanol–water partition coefficient (Wildman–Crippen LogP) is 4.56. The van der Waals surface area contributed by atoms with E-state index in [1.807, 2.05) is 0 Å². The molecule has 0 aromatic heterocycles. The summed E-state index contributed by atoms with van der Waals surface area (Å²) in [6.07, 6.45) is 1.63. The minimum Gasteiger partial charge on any atom is -0.438 e. The van der Waals surface area contributed by atoms with Crippen LogP contribution >= 0.6 is 0 Å². The zero-order chi connectivity index (χ0) is 24.9. The van der Waals surface area contributed by atoms with E-state index in [2.05, 4.69) is 9.46 Å². The Kier molecular flexibility index (Phi) is 8.09. The number of alkyl halides is 2. The zero-order valence-electron chi connectivity index (χ0n) is 18.8. The number of cyclic esters (lactones) is 1. The summed E-state index contributed by atoms with van der Waals surface area (Å²) >= 11 is 0. The lowest BCUT2D eigenvalue weighted by Gasteiger charge is -2.43. The Labute approximate surface area is 196 Å². The van der Waals surface area contributed by atoms with Crippen molar-refractivity contribution in [3.63, 3.8) is 0 Å². The Morgan fingerprint density at radius 1 is 1.15 bits per heavy atom. The molecule has 0 bridgehead atoms. The van der Waals surface area contributed by atoms with Crippen molar-refractivity contribution < 1.29 is 35.9 Å². The van der Waals surface area contributed by atoms with Gasteiger partial charge in [-0.15, -0.1) is 0 Å². The van der Waals surface area contributed by atoms with Gasteiger partial charge in [-0.2, -0.15) is 8.78 Å². The van der Waals surface area contributed by atoms with Gasteiger partial charge in [-0.25, -0.2) is 22.3 Å². The van der Waals surface area contributed by atoms with Gasteiger partial charge in [0.05, 0.1) is 12.3 Å². The van der Waals surface area contributed by atoms with Crippen molar-refractivity contribution in [2.45, 2.75) is 44.4 Å². The molecule has 34 heavy (non-hydrogen) atoms. The molecule has 7 nitrogen and oxygen atoms in total. The van der Waals surface area contributed by atoms with Crippen LogP contribution in [0.4, 0.5) is 18.0 Å². The van der Waals surface area contributed by atoms with Gasteiger partial charge in [-0.05, 0) is 55.2 Å². The molecule has 1 saturated heterocycles. The number of carbonyl (C=O) groups excluding carboxylic acids is 1. The summed E-state index contributed by atoms with van der Waals surface area (Å²) in [5.74, 6) is -0.403. The van der Waals surface area contributed by atoms with Crippen LogP contribution in [0.2, 0.25) is 0 Å². The zero-order valence-corrected chi connectivity index (χ0v) is 19.7. The number of carbonyl (C=O) groups is 1. The van der Waals surface area contributed by atoms with Gasteiger partial charge in [-0.1, -0.05) is 24.3 Å². The van der Waals surface area contributed by atoms with Crippen LogP contribution in [-0.2, 0) is 20.4 Å². The molecule has 11 heteroatoms. The summed E-state index contributed by atoms with van der Waals surface area (Å²) in [5.41, 5.74) is 0.308. The second kappa shape index (κ2) is 10.6. The molecule has 1 amide bonds. The lowest BCUT2D eigenvalue weighted by Crippen LogP contribution is -2.49. The molecule has 1 heterocycles. The summed E-state index contributed by atoms with van der Waals surface area (Å²) < 4.78 is 73.7. The number of nitrogens with zero attached hydrogens (tertiary/aromatic N) is 1. The van der Waals surface area contributed by atoms with Crippen molar-refractivity contribution >= 4 is 16.1 Å². The number of rotatable bonds is 10. The Bertz CT molecular complexity index is 1080. The maximum atomic E-state index is 13.5. The van der Waals surface area contributed by atoms with E-state index in [0.717, 1.165) is 6.26 Å². The minimum absolute atomic E-state index is 0.0187. The lowest BCUT2D eigenvalue weighted by molar-refractivity contribution is -0.0662. The molecular weight excluding hydrogens is 473 g/mol. The number of benzene rings is 2. The fourth-order valence-corrected chi connectivity index (χ4v) is 4.55. The number of halogens is 3. The maximum absolute atomic E-state index is 13.5. The van der Waals surface area contributed by atoms with Crippen LogP contribution in [0.1, 0.15) is 43.4 Å². The molecule has 3 rings (SSSR count). The molecule has 0 aliphatic carbocycles. The van der Waals surface area contributed by atoms with Gasteiger partial charge in [0.25, 0.3) is 0 Å². The molecule has 1 unspecified atom stereocenters. The number of hydrogen-bond donors (Lipinski definition) is 1. The minimum atomic E-state index is -3.35. The highest BCUT2D eigenvalue weighted by Crippen LogP contribution is 2.40. The smallest absolute Gasteiger partial charge is 0.411 e. The van der Waals surface area contributed by atoms with Gasteiger partial charge in [0, 0.05) is 19.5 Å². The predicted molar refractivity (Wildman–Crippen MR) is 119 cm³/mol. The Balaban J connectivity index is 1.75. The Morgan fingerprint density at radius 3 is 2.35 bits per heavy atom. The highest BCUT2D eigenvalue weighted by atomic mass is 32.2. The fourth-order valence-electron chi connectivity index (χ4n) is 4.04. The van der Waals surface area contributed by atoms with Crippen molar-refractivity contribution in [2.24, 2.45) is 0 Å². The monoisotopic (exact) mass is 500 g/mol. The largest absolute Gasteiger partial charge is 0.438 e. The summed E-state index contributed by atoms with van der Waals surface area (Å²) in [4.78, 5) is 14.6. The van der Waals surface area contributed by atoms with E-state index in [1.54, 1.807) is 31.2 Å². The molecule has 0 saturated carbocycles. The van der Waals surface area contributed by atoms with Crippen LogP contribution in [0, 0.1) is 5.82 Å². The van der Waals surface area contributed by atoms with Crippen molar-refractivity contribution in [2.75, 3.05) is 19.3 Å². The van der Waals surface area contributed by atoms with Gasteiger partial charge in [0.15, 0.2) is 0 Å². The molecule has 1 aliphatic heterocycles. The highest BCUT2D eigenvalue weighted by Gasteiger charge is 2.43. The number of amides is 1. The normalized spacial score (nSPS) is 19.7. The third-order valence-electron chi connectivity index (χ3n) is 5.82. The molecule has 2 aromatic rings. The second-order valence-electron chi connectivity index (χ2n) is 8.21. The average molecular weight is 501 g/mol. The number of sulfonamides is 1. The van der Waals surface area contributed by atoms with Crippen molar-refractivity contribution in [1.82, 2.24) is 9.62 Å². The summed E-state index contributed by atoms with van der Waals surface area (Å²) in [7, 11) is -3.35. The van der Waals surface area contributed by atoms with Crippen LogP contribution in [0.5, 0.6) is 5.75 Å². The van der Waals surface area contributed by atoms with Gasteiger partial charge in [-0.3, -0.25) is 0 Å². The Morgan fingerprint density at radius 2 is 1.79 bits per heavy atom. The van der Waals surface area contributed by atoms with E-state index in [0.29, 0.717) is 36.9 Å². The Hall–Kier alpha value is -2.79. The van der Waals surface area contributed by atoms with Crippen molar-refractivity contribution in [3.05, 3.63) is 65.5 Å². The average Bonchev–Trinajstić information content (AvgIpc) is 2.76. The summed E-state index contributed by atoms with van der Waals surface area (Å²) in [6, 6.07) is 11.3. The van der Waals surface area contributed by atoms with E-state index < -0.39 is 40.2 Å². The quantitative estimate of drug-likeness (QED) is 0.484. The van der Waals surface area contributed by atoms with Crippen LogP contribution in [0.25, 0.3) is 0 Å². The molecule has 2 aromatic carbocycles. The fraction of sp³-hybridized carbons (Fsp3) is 0.435. The summed E-state index contributed by atoms with van der Waals surface area (Å²) in [6.45, 7) is -0.628. The van der Waals surface area contributed by atoms with E-state index in [9.17, 15) is 26.4 Å². The molecule has 1 N–H and O–H groups in total. The van der Waals surface area contributed by atoms with Crippen LogP contribution in [-0.4, -0.2) is 45.4 Å². The highest BCUT2D eigenvalue weighted by molar-refractivity contribution is 7.88. The standard InChI is InChI=1S/C23H27F3N2O5S/c1-16(17-4-10-20(11-5-17)32-21(25)26)28-15-13-23(33-22(28)29,12-3-14-27-34(2,30)31)18-6-8-19(24)9-7-18/h4-11,16,21,27H,3,12-15H2,1-2H3/t16-,23?/m0/s1. The van der Waals surface area contributed by atoms with E-state index in [1.165, 1.54) is 29.2 Å². The molecule has 1 fully saturated rings. The van der Waals surface area contributed by atoms with Gasteiger partial charge in [0.2, 0.25) is 10.0 Å². The number of ether oxygens (including phenoxy) is 2. The van der Waals surface area contributed by atoms with E-state index in [-0.39, 0.29) is 12.3 Å². The lowest BCUT2D eigenvalue weighted by atomic mass is 9.84. The maximum Gasteiger partial charge on any atom is 0.411 e. The third-order valence-corrected chi connectivity index (χ3v) is 6.55. The van der Waals surface area contributed by atoms with Crippen LogP contribution in [0.15, 0.2) is 48.5 Å². The topological polar surface area (TPSA) is 84.9 Å². The van der Waals surface area contributed by atoms with Gasteiger partial charge in [0.1, 0.15) is 17.2 Å². The number of nitrogens with one attached hydrogen (secondary N) is 1. The molecule has 0 spiro atoms. The van der Waals surface area contributed by atoms with Gasteiger partial charge >= 0.3 is 12.7 Å². The number of hydrogen-bond acceptors (Lipinski definition) is 5. The third kappa shape index (κ3) is 6.63. The molecule has 186 valence electrons. The van der Waals surface area contributed by atoms with Crippen LogP contribution < -0.4 is 9.46 Å². The van der Waals surface area contributed by atoms with Crippen LogP contribution in [0.3, 0.4) is 0 Å². The van der Waals surface area contributed by atoms with Gasteiger partial charge < -0.3 is 14.4 Å². The SMILES string of the molecule is C[C@@H](c1ccc(OC(F)F)cc1)N1CCC(CCCNS(C)(=O)=O)(c2ccc(F)cc2)OC1=O. The molecular formula is C23H27F3N2O5S. The second-order valence-corrected chi connectivity index (χ2v) is 10.0. The van der Waals surface area contributed by atoms with Crippen molar-refractivity contribution in [1.29, 1.82) is 0 Å². The van der Waals surface area contributed by atoms with Crippen molar-refractivity contribution in [3.8, 4) is 5.75 Å². The van der Waals surface area contributed by atoms with E-state index in [4.69, 9.17) is 4.74 Å². The summed E-state index contributed by atoms with van der Waals surface area (Å²) in [5, 5.41) is 0. The molecule has 2 atom stereocenters. The first-order chi connectivity index (χ1) is 16.0. The first-order valence-electron chi connectivity index (χ1n) is 10.7.